The third-order valence-corrected chi connectivity index (χ3v) is 5.56. The summed E-state index contributed by atoms with van der Waals surface area (Å²) in [5.74, 6) is 2.66. The van der Waals surface area contributed by atoms with Gasteiger partial charge in [0.25, 0.3) is 0 Å². The summed E-state index contributed by atoms with van der Waals surface area (Å²) in [5, 5.41) is 9.47. The van der Waals surface area contributed by atoms with Crippen LogP contribution in [0.1, 0.15) is 27.2 Å². The first kappa shape index (κ1) is 18.0. The van der Waals surface area contributed by atoms with Gasteiger partial charge in [-0.1, -0.05) is 55.9 Å². The van der Waals surface area contributed by atoms with E-state index in [-0.39, 0.29) is 5.91 Å². The number of carbonyl (C=O) groups is 1. The lowest BCUT2D eigenvalue weighted by atomic mass is 9.92. The second kappa shape index (κ2) is 8.04. The number of rotatable bonds is 5. The number of aromatic nitrogens is 3. The fourth-order valence-corrected chi connectivity index (χ4v) is 4.47. The van der Waals surface area contributed by atoms with Gasteiger partial charge >= 0.3 is 0 Å². The van der Waals surface area contributed by atoms with E-state index >= 15 is 0 Å². The molecule has 1 aromatic carbocycles. The van der Waals surface area contributed by atoms with E-state index in [0.29, 0.717) is 17.6 Å². The number of amides is 1. The number of benzene rings is 1. The van der Waals surface area contributed by atoms with E-state index in [1.54, 1.807) is 0 Å². The minimum atomic E-state index is 0.204. The Bertz CT molecular complexity index is 705. The zero-order valence-corrected chi connectivity index (χ0v) is 16.0. The molecular weight excluding hydrogens is 332 g/mol. The number of carbonyl (C=O) groups excluding carboxylic acids is 1. The lowest BCUT2D eigenvalue weighted by molar-refractivity contribution is -0.130. The molecule has 25 heavy (non-hydrogen) atoms. The number of hydrogen-bond acceptors (Lipinski definition) is 4. The SMILES string of the molecule is CCn1c(SCC(=O)N2C[C@H](C)C[C@@H](C)C2)nnc1-c1ccccc1. The van der Waals surface area contributed by atoms with E-state index in [0.717, 1.165) is 36.2 Å². The Morgan fingerprint density at radius 3 is 2.48 bits per heavy atom. The zero-order valence-electron chi connectivity index (χ0n) is 15.2. The normalized spacial score (nSPS) is 20.7. The van der Waals surface area contributed by atoms with Crippen molar-refractivity contribution in [2.24, 2.45) is 11.8 Å². The van der Waals surface area contributed by atoms with Crippen molar-refractivity contribution < 1.29 is 4.79 Å². The topological polar surface area (TPSA) is 51.0 Å². The predicted molar refractivity (Wildman–Crippen MR) is 101 cm³/mol. The van der Waals surface area contributed by atoms with Crippen LogP contribution in [0.3, 0.4) is 0 Å². The lowest BCUT2D eigenvalue weighted by Gasteiger charge is -2.34. The number of nitrogens with zero attached hydrogens (tertiary/aromatic N) is 4. The van der Waals surface area contributed by atoms with Gasteiger partial charge in [0.1, 0.15) is 0 Å². The highest BCUT2D eigenvalue weighted by atomic mass is 32.2. The van der Waals surface area contributed by atoms with Gasteiger partial charge in [-0.05, 0) is 25.2 Å². The van der Waals surface area contributed by atoms with E-state index in [4.69, 9.17) is 0 Å². The van der Waals surface area contributed by atoms with Gasteiger partial charge in [-0.15, -0.1) is 10.2 Å². The Labute approximate surface area is 153 Å². The number of thioether (sulfide) groups is 1. The maximum absolute atomic E-state index is 12.6. The molecule has 0 aliphatic carbocycles. The quantitative estimate of drug-likeness (QED) is 0.767. The van der Waals surface area contributed by atoms with Gasteiger partial charge in [0, 0.05) is 25.2 Å². The molecule has 2 heterocycles. The highest BCUT2D eigenvalue weighted by molar-refractivity contribution is 7.99. The van der Waals surface area contributed by atoms with Crippen LogP contribution >= 0.6 is 11.8 Å². The molecule has 0 bridgehead atoms. The Hall–Kier alpha value is -1.82. The molecule has 0 spiro atoms. The molecule has 2 atom stereocenters. The summed E-state index contributed by atoms with van der Waals surface area (Å²) in [5.41, 5.74) is 1.05. The fraction of sp³-hybridized carbons (Fsp3) is 0.526. The summed E-state index contributed by atoms with van der Waals surface area (Å²) < 4.78 is 2.08. The monoisotopic (exact) mass is 358 g/mol. The first-order valence-electron chi connectivity index (χ1n) is 8.97. The summed E-state index contributed by atoms with van der Waals surface area (Å²) in [6, 6.07) is 10.1. The van der Waals surface area contributed by atoms with Gasteiger partial charge in [0.2, 0.25) is 5.91 Å². The number of likely N-dealkylation sites (tertiary alicyclic amines) is 1. The Morgan fingerprint density at radius 1 is 1.16 bits per heavy atom. The van der Waals surface area contributed by atoms with Crippen molar-refractivity contribution in [3.05, 3.63) is 30.3 Å². The predicted octanol–water partition coefficient (Wildman–Crippen LogP) is 3.56. The molecule has 0 saturated carbocycles. The highest BCUT2D eigenvalue weighted by Crippen LogP contribution is 2.25. The Kier molecular flexibility index (Phi) is 5.78. The second-order valence-electron chi connectivity index (χ2n) is 6.95. The molecule has 3 rings (SSSR count). The largest absolute Gasteiger partial charge is 0.341 e. The maximum atomic E-state index is 12.6. The molecule has 2 aromatic rings. The molecule has 0 radical (unpaired) electrons. The third-order valence-electron chi connectivity index (χ3n) is 4.61. The van der Waals surface area contributed by atoms with Crippen LogP contribution in [-0.2, 0) is 11.3 Å². The van der Waals surface area contributed by atoms with Crippen molar-refractivity contribution in [1.29, 1.82) is 0 Å². The summed E-state index contributed by atoms with van der Waals surface area (Å²) >= 11 is 1.49. The van der Waals surface area contributed by atoms with E-state index in [1.807, 2.05) is 35.2 Å². The zero-order chi connectivity index (χ0) is 17.8. The molecule has 0 N–H and O–H groups in total. The van der Waals surface area contributed by atoms with Gasteiger partial charge in [-0.2, -0.15) is 0 Å². The van der Waals surface area contributed by atoms with Crippen LogP contribution in [0.15, 0.2) is 35.5 Å². The van der Waals surface area contributed by atoms with Crippen LogP contribution in [0, 0.1) is 11.8 Å². The van der Waals surface area contributed by atoms with Crippen LogP contribution in [0.5, 0.6) is 0 Å². The molecule has 1 aliphatic rings. The van der Waals surface area contributed by atoms with Crippen LogP contribution in [0.4, 0.5) is 0 Å². The van der Waals surface area contributed by atoms with Gasteiger partial charge < -0.3 is 9.47 Å². The molecule has 0 unspecified atom stereocenters. The van der Waals surface area contributed by atoms with Crippen molar-refractivity contribution in [3.8, 4) is 11.4 Å². The van der Waals surface area contributed by atoms with Crippen molar-refractivity contribution >= 4 is 17.7 Å². The van der Waals surface area contributed by atoms with Crippen LogP contribution < -0.4 is 0 Å². The van der Waals surface area contributed by atoms with Crippen molar-refractivity contribution in [2.45, 2.75) is 38.9 Å². The van der Waals surface area contributed by atoms with Gasteiger partial charge in [-0.3, -0.25) is 4.79 Å². The van der Waals surface area contributed by atoms with Crippen molar-refractivity contribution in [1.82, 2.24) is 19.7 Å². The minimum absolute atomic E-state index is 0.204. The van der Waals surface area contributed by atoms with E-state index in [1.165, 1.54) is 18.2 Å². The molecule has 1 amide bonds. The highest BCUT2D eigenvalue weighted by Gasteiger charge is 2.25. The first-order chi connectivity index (χ1) is 12.1. The molecule has 1 aliphatic heterocycles. The van der Waals surface area contributed by atoms with E-state index < -0.39 is 0 Å². The van der Waals surface area contributed by atoms with Crippen LogP contribution in [0.25, 0.3) is 11.4 Å². The Morgan fingerprint density at radius 2 is 1.84 bits per heavy atom. The summed E-state index contributed by atoms with van der Waals surface area (Å²) in [6.07, 6.45) is 1.21. The van der Waals surface area contributed by atoms with Gasteiger partial charge in [-0.25, -0.2) is 0 Å². The van der Waals surface area contributed by atoms with E-state index in [2.05, 4.69) is 35.5 Å². The molecule has 6 heteroatoms. The molecule has 1 fully saturated rings. The van der Waals surface area contributed by atoms with Crippen LogP contribution in [-0.4, -0.2) is 44.4 Å². The maximum Gasteiger partial charge on any atom is 0.233 e. The molecule has 134 valence electrons. The molecular formula is C19H26N4OS. The van der Waals surface area contributed by atoms with Gasteiger partial charge in [0.15, 0.2) is 11.0 Å². The minimum Gasteiger partial charge on any atom is -0.341 e. The molecule has 1 aromatic heterocycles. The standard InChI is InChI=1S/C19H26N4OS/c1-4-23-18(16-8-6-5-7-9-16)20-21-19(23)25-13-17(24)22-11-14(2)10-15(3)12-22/h5-9,14-15H,4,10-13H2,1-3H3/t14-,15-/m1/s1. The van der Waals surface area contributed by atoms with Gasteiger partial charge in [0.05, 0.1) is 5.75 Å². The van der Waals surface area contributed by atoms with Crippen LogP contribution in [0.2, 0.25) is 0 Å². The summed E-state index contributed by atoms with van der Waals surface area (Å²) in [4.78, 5) is 14.6. The summed E-state index contributed by atoms with van der Waals surface area (Å²) in [6.45, 7) is 9.06. The van der Waals surface area contributed by atoms with E-state index in [9.17, 15) is 4.79 Å². The average Bonchev–Trinajstić information content (AvgIpc) is 3.02. The Balaban J connectivity index is 1.67. The number of piperidine rings is 1. The number of hydrogen-bond donors (Lipinski definition) is 0. The first-order valence-corrected chi connectivity index (χ1v) is 9.96. The molecule has 5 nitrogen and oxygen atoms in total. The fourth-order valence-electron chi connectivity index (χ4n) is 3.57. The summed E-state index contributed by atoms with van der Waals surface area (Å²) in [7, 11) is 0. The smallest absolute Gasteiger partial charge is 0.233 e. The van der Waals surface area contributed by atoms with Crippen molar-refractivity contribution in [3.63, 3.8) is 0 Å². The second-order valence-corrected chi connectivity index (χ2v) is 7.89. The van der Waals surface area contributed by atoms with Crippen molar-refractivity contribution in [2.75, 3.05) is 18.8 Å². The lowest BCUT2D eigenvalue weighted by Crippen LogP contribution is -2.43. The third kappa shape index (κ3) is 4.24. The average molecular weight is 359 g/mol. The molecule has 1 saturated heterocycles.